The highest BCUT2D eigenvalue weighted by molar-refractivity contribution is 6.04. The maximum Gasteiger partial charge on any atom is 0.255 e. The molecule has 0 spiro atoms. The molecule has 1 amide bonds. The summed E-state index contributed by atoms with van der Waals surface area (Å²) in [6.07, 6.45) is 3.65. The molecule has 0 atom stereocenters. The summed E-state index contributed by atoms with van der Waals surface area (Å²) in [5, 5.41) is 4.12. The van der Waals surface area contributed by atoms with Crippen LogP contribution < -0.4 is 15.0 Å². The lowest BCUT2D eigenvalue weighted by molar-refractivity contribution is 0.0897. The number of carbonyl (C=O) groups excluding carboxylic acids is 1. The minimum Gasteiger partial charge on any atom is -0.495 e. The van der Waals surface area contributed by atoms with Gasteiger partial charge >= 0.3 is 0 Å². The fourth-order valence-corrected chi connectivity index (χ4v) is 4.21. The van der Waals surface area contributed by atoms with Gasteiger partial charge in [-0.2, -0.15) is 0 Å². The molecule has 4 aromatic rings. The predicted molar refractivity (Wildman–Crippen MR) is 122 cm³/mol. The molecule has 0 saturated heterocycles. The van der Waals surface area contributed by atoms with E-state index < -0.39 is 5.66 Å². The molecule has 5 rings (SSSR count). The van der Waals surface area contributed by atoms with Crippen molar-refractivity contribution in [3.63, 3.8) is 0 Å². The molecule has 6 heteroatoms. The van der Waals surface area contributed by atoms with Crippen LogP contribution in [-0.4, -0.2) is 28.6 Å². The molecule has 2 aromatic heterocycles. The number of benzene rings is 2. The number of carbonyl (C=O) groups is 1. The Morgan fingerprint density at radius 1 is 1.06 bits per heavy atom. The fraction of sp³-hybridized carbons (Fsp3) is 0.200. The third-order valence-electron chi connectivity index (χ3n) is 5.86. The van der Waals surface area contributed by atoms with E-state index in [4.69, 9.17) is 4.74 Å². The smallest absolute Gasteiger partial charge is 0.255 e. The van der Waals surface area contributed by atoms with Crippen LogP contribution in [-0.2, 0) is 6.54 Å². The van der Waals surface area contributed by atoms with Gasteiger partial charge in [0.2, 0.25) is 0 Å². The summed E-state index contributed by atoms with van der Waals surface area (Å²) in [7, 11) is 1.64. The van der Waals surface area contributed by atoms with Gasteiger partial charge in [-0.1, -0.05) is 36.4 Å². The number of anilines is 1. The minimum absolute atomic E-state index is 0.0573. The van der Waals surface area contributed by atoms with Gasteiger partial charge in [0, 0.05) is 23.7 Å². The zero-order valence-corrected chi connectivity index (χ0v) is 17.8. The first-order valence-corrected chi connectivity index (χ1v) is 10.3. The molecule has 3 heterocycles. The molecular weight excluding hydrogens is 388 g/mol. The summed E-state index contributed by atoms with van der Waals surface area (Å²) in [5.41, 5.74) is 5.09. The molecule has 0 aliphatic carbocycles. The molecule has 0 fully saturated rings. The van der Waals surface area contributed by atoms with Crippen molar-refractivity contribution >= 4 is 22.6 Å². The van der Waals surface area contributed by atoms with Gasteiger partial charge in [-0.05, 0) is 43.2 Å². The quantitative estimate of drug-likeness (QED) is 0.509. The van der Waals surface area contributed by atoms with Crippen LogP contribution in [0.25, 0.3) is 22.2 Å². The fourth-order valence-electron chi connectivity index (χ4n) is 4.21. The molecule has 1 aliphatic heterocycles. The third-order valence-corrected chi connectivity index (χ3v) is 5.86. The number of aromatic nitrogens is 2. The van der Waals surface area contributed by atoms with Crippen molar-refractivity contribution in [2.24, 2.45) is 0 Å². The number of hydrogen-bond acceptors (Lipinski definition) is 4. The first kappa shape index (κ1) is 19.2. The van der Waals surface area contributed by atoms with Crippen molar-refractivity contribution in [1.29, 1.82) is 0 Å². The topological polar surface area (TPSA) is 70.2 Å². The zero-order chi connectivity index (χ0) is 21.6. The number of rotatable bonds is 4. The molecule has 6 nitrogen and oxygen atoms in total. The largest absolute Gasteiger partial charge is 0.495 e. The predicted octanol–water partition coefficient (Wildman–Crippen LogP) is 4.72. The van der Waals surface area contributed by atoms with Crippen molar-refractivity contribution in [2.45, 2.75) is 26.1 Å². The van der Waals surface area contributed by atoms with Gasteiger partial charge in [0.25, 0.3) is 5.91 Å². The molecule has 0 radical (unpaired) electrons. The van der Waals surface area contributed by atoms with Crippen LogP contribution in [0.1, 0.15) is 29.8 Å². The summed E-state index contributed by atoms with van der Waals surface area (Å²) in [6, 6.07) is 18.3. The van der Waals surface area contributed by atoms with Crippen molar-refractivity contribution in [2.75, 3.05) is 12.0 Å². The molecular formula is C25H24N4O2. The van der Waals surface area contributed by atoms with Gasteiger partial charge in [-0.15, -0.1) is 0 Å². The molecule has 1 aliphatic rings. The number of fused-ring (bicyclic) bond motifs is 2. The third kappa shape index (κ3) is 3.30. The van der Waals surface area contributed by atoms with E-state index in [0.29, 0.717) is 17.9 Å². The Bertz CT molecular complexity index is 1280. The van der Waals surface area contributed by atoms with Gasteiger partial charge in [0.05, 0.1) is 24.6 Å². The molecule has 2 N–H and O–H groups in total. The average Bonchev–Trinajstić information content (AvgIpc) is 3.20. The Labute approximate surface area is 180 Å². The number of nitrogens with one attached hydrogen (secondary N) is 2. The van der Waals surface area contributed by atoms with E-state index in [1.807, 2.05) is 56.4 Å². The van der Waals surface area contributed by atoms with Crippen LogP contribution in [0.4, 0.5) is 5.69 Å². The molecule has 31 heavy (non-hydrogen) atoms. The van der Waals surface area contributed by atoms with Gasteiger partial charge in [0.1, 0.15) is 17.1 Å². The Morgan fingerprint density at radius 2 is 1.87 bits per heavy atom. The van der Waals surface area contributed by atoms with Crippen LogP contribution >= 0.6 is 0 Å². The average molecular weight is 412 g/mol. The Balaban J connectivity index is 1.64. The monoisotopic (exact) mass is 412 g/mol. The van der Waals surface area contributed by atoms with Crippen LogP contribution in [0.2, 0.25) is 0 Å². The van der Waals surface area contributed by atoms with E-state index in [1.165, 1.54) is 5.56 Å². The van der Waals surface area contributed by atoms with Crippen molar-refractivity contribution in [3.05, 3.63) is 78.1 Å². The second kappa shape index (κ2) is 7.16. The summed E-state index contributed by atoms with van der Waals surface area (Å²) >= 11 is 0. The Hall–Kier alpha value is -3.80. The second-order valence-electron chi connectivity index (χ2n) is 8.29. The highest BCUT2D eigenvalue weighted by Gasteiger charge is 2.36. The lowest BCUT2D eigenvalue weighted by Gasteiger charge is -2.45. The SMILES string of the molecule is COc1cnc2[nH]cc(-c3ccc4c(c3)N(Cc3ccccc3)C(C)(C)NC4=O)c2c1. The Morgan fingerprint density at radius 3 is 2.65 bits per heavy atom. The Kier molecular flexibility index (Phi) is 4.43. The van der Waals surface area contributed by atoms with E-state index >= 15 is 0 Å². The van der Waals surface area contributed by atoms with Gasteiger partial charge in [0.15, 0.2) is 0 Å². The molecule has 0 bridgehead atoms. The second-order valence-corrected chi connectivity index (χ2v) is 8.29. The van der Waals surface area contributed by atoms with Gasteiger partial charge in [-0.25, -0.2) is 4.98 Å². The van der Waals surface area contributed by atoms with E-state index in [9.17, 15) is 4.79 Å². The number of H-pyrrole nitrogens is 1. The first-order valence-electron chi connectivity index (χ1n) is 10.3. The highest BCUT2D eigenvalue weighted by Crippen LogP contribution is 2.38. The van der Waals surface area contributed by atoms with E-state index in [2.05, 4.69) is 38.4 Å². The number of hydrogen-bond donors (Lipinski definition) is 2. The van der Waals surface area contributed by atoms with Gasteiger partial charge in [-0.3, -0.25) is 4.79 Å². The number of methoxy groups -OCH3 is 1. The maximum atomic E-state index is 12.8. The summed E-state index contributed by atoms with van der Waals surface area (Å²) < 4.78 is 5.36. The standard InChI is InChI=1S/C25H24N4O2/c1-25(2)28-24(30)19-10-9-17(11-22(19)29(25)15-16-7-5-4-6-8-16)21-14-27-23-20(21)12-18(31-3)13-26-23/h4-14H,15H2,1-3H3,(H,26,27)(H,28,30). The number of ether oxygens (including phenoxy) is 1. The normalized spacial score (nSPS) is 14.9. The van der Waals surface area contributed by atoms with Crippen LogP contribution in [0.3, 0.4) is 0 Å². The van der Waals surface area contributed by atoms with Crippen LogP contribution in [0.5, 0.6) is 5.75 Å². The van der Waals surface area contributed by atoms with Crippen LogP contribution in [0, 0.1) is 0 Å². The summed E-state index contributed by atoms with van der Waals surface area (Å²) in [4.78, 5) is 22.7. The highest BCUT2D eigenvalue weighted by atomic mass is 16.5. The maximum absolute atomic E-state index is 12.8. The number of pyridine rings is 1. The zero-order valence-electron chi connectivity index (χ0n) is 17.8. The molecule has 2 aromatic carbocycles. The van der Waals surface area contributed by atoms with Crippen molar-refractivity contribution < 1.29 is 9.53 Å². The van der Waals surface area contributed by atoms with Crippen molar-refractivity contribution in [3.8, 4) is 16.9 Å². The lowest BCUT2D eigenvalue weighted by atomic mass is 9.96. The van der Waals surface area contributed by atoms with Crippen LogP contribution in [0.15, 0.2) is 67.0 Å². The number of aromatic amines is 1. The van der Waals surface area contributed by atoms with Gasteiger partial charge < -0.3 is 19.9 Å². The van der Waals surface area contributed by atoms with E-state index in [0.717, 1.165) is 27.8 Å². The van der Waals surface area contributed by atoms with Crippen molar-refractivity contribution in [1.82, 2.24) is 15.3 Å². The molecule has 0 unspecified atom stereocenters. The first-order chi connectivity index (χ1) is 15.0. The molecule has 0 saturated carbocycles. The van der Waals surface area contributed by atoms with E-state index in [-0.39, 0.29) is 5.91 Å². The number of nitrogens with zero attached hydrogens (tertiary/aromatic N) is 2. The minimum atomic E-state index is -0.524. The summed E-state index contributed by atoms with van der Waals surface area (Å²) in [6.45, 7) is 4.75. The number of amides is 1. The lowest BCUT2D eigenvalue weighted by Crippen LogP contribution is -2.60. The van der Waals surface area contributed by atoms with E-state index in [1.54, 1.807) is 13.3 Å². The molecule has 156 valence electrons. The summed E-state index contributed by atoms with van der Waals surface area (Å²) in [5.74, 6) is 0.649.